The van der Waals surface area contributed by atoms with Crippen molar-refractivity contribution in [3.63, 3.8) is 0 Å². The molecule has 0 radical (unpaired) electrons. The molecule has 0 spiro atoms. The van der Waals surface area contributed by atoms with E-state index in [1.165, 1.54) is 5.56 Å². The molecule has 0 fully saturated rings. The molecular formula is C13H16N4O2. The Morgan fingerprint density at radius 2 is 2.11 bits per heavy atom. The molecule has 1 heterocycles. The first-order chi connectivity index (χ1) is 9.19. The predicted molar refractivity (Wildman–Crippen MR) is 70.8 cm³/mol. The molecule has 1 aromatic carbocycles. The summed E-state index contributed by atoms with van der Waals surface area (Å²) in [6, 6.07) is 8.01. The monoisotopic (exact) mass is 260 g/mol. The number of hydrogen-bond acceptors (Lipinski definition) is 5. The van der Waals surface area contributed by atoms with Crippen LogP contribution in [0.5, 0.6) is 0 Å². The summed E-state index contributed by atoms with van der Waals surface area (Å²) in [6.45, 7) is 4.55. The zero-order valence-corrected chi connectivity index (χ0v) is 10.9. The van der Waals surface area contributed by atoms with Crippen LogP contribution >= 0.6 is 0 Å². The summed E-state index contributed by atoms with van der Waals surface area (Å²) < 4.78 is 4.81. The number of rotatable bonds is 5. The van der Waals surface area contributed by atoms with Crippen molar-refractivity contribution < 1.29 is 9.53 Å². The van der Waals surface area contributed by atoms with Gasteiger partial charge >= 0.3 is 5.97 Å². The number of benzene rings is 1. The molecule has 6 heteroatoms. The van der Waals surface area contributed by atoms with Gasteiger partial charge in [-0.1, -0.05) is 17.7 Å². The number of H-pyrrole nitrogens is 1. The predicted octanol–water partition coefficient (Wildman–Crippen LogP) is 1.90. The summed E-state index contributed by atoms with van der Waals surface area (Å²) in [6.07, 6.45) is 0. The smallest absolute Gasteiger partial charge is 0.378 e. The summed E-state index contributed by atoms with van der Waals surface area (Å²) in [7, 11) is 0. The van der Waals surface area contributed by atoms with E-state index in [4.69, 9.17) is 4.74 Å². The Balaban J connectivity index is 1.93. The van der Waals surface area contributed by atoms with Crippen LogP contribution in [0.4, 0.5) is 5.69 Å². The lowest BCUT2D eigenvalue weighted by Crippen LogP contribution is -2.07. The van der Waals surface area contributed by atoms with E-state index in [1.807, 2.05) is 31.2 Å². The van der Waals surface area contributed by atoms with Crippen LogP contribution in [-0.4, -0.2) is 27.8 Å². The van der Waals surface area contributed by atoms with Gasteiger partial charge in [0, 0.05) is 5.69 Å². The SMILES string of the molecule is CCOC(=O)c1n[nH]c(CNc2ccc(C)cc2)n1. The van der Waals surface area contributed by atoms with Crippen LogP contribution in [0.15, 0.2) is 24.3 Å². The fourth-order valence-corrected chi connectivity index (χ4v) is 1.52. The fourth-order valence-electron chi connectivity index (χ4n) is 1.52. The molecule has 2 rings (SSSR count). The van der Waals surface area contributed by atoms with Crippen LogP contribution in [0, 0.1) is 6.92 Å². The number of aromatic nitrogens is 3. The molecule has 0 bridgehead atoms. The van der Waals surface area contributed by atoms with Gasteiger partial charge in [0.15, 0.2) is 0 Å². The highest BCUT2D eigenvalue weighted by Crippen LogP contribution is 2.09. The van der Waals surface area contributed by atoms with Gasteiger partial charge in [0.05, 0.1) is 13.2 Å². The van der Waals surface area contributed by atoms with Gasteiger partial charge in [-0.25, -0.2) is 9.78 Å². The molecule has 0 atom stereocenters. The summed E-state index contributed by atoms with van der Waals surface area (Å²) in [5, 5.41) is 9.70. The molecule has 100 valence electrons. The van der Waals surface area contributed by atoms with E-state index in [1.54, 1.807) is 6.92 Å². The number of aromatic amines is 1. The van der Waals surface area contributed by atoms with Crippen molar-refractivity contribution in [3.8, 4) is 0 Å². The Kier molecular flexibility index (Phi) is 4.12. The van der Waals surface area contributed by atoms with E-state index in [-0.39, 0.29) is 5.82 Å². The zero-order valence-electron chi connectivity index (χ0n) is 10.9. The van der Waals surface area contributed by atoms with Gasteiger partial charge in [-0.05, 0) is 26.0 Å². The van der Waals surface area contributed by atoms with E-state index >= 15 is 0 Å². The largest absolute Gasteiger partial charge is 0.460 e. The second kappa shape index (κ2) is 5.99. The molecule has 0 aliphatic carbocycles. The topological polar surface area (TPSA) is 79.9 Å². The Morgan fingerprint density at radius 1 is 1.37 bits per heavy atom. The molecule has 2 N–H and O–H groups in total. The number of carbonyl (C=O) groups excluding carboxylic acids is 1. The lowest BCUT2D eigenvalue weighted by Gasteiger charge is -2.03. The minimum Gasteiger partial charge on any atom is -0.460 e. The Labute approximate surface area is 111 Å². The lowest BCUT2D eigenvalue weighted by molar-refractivity contribution is 0.0512. The van der Waals surface area contributed by atoms with Crippen molar-refractivity contribution in [1.29, 1.82) is 0 Å². The van der Waals surface area contributed by atoms with Crippen molar-refractivity contribution >= 4 is 11.7 Å². The van der Waals surface area contributed by atoms with Gasteiger partial charge in [0.1, 0.15) is 5.82 Å². The third kappa shape index (κ3) is 3.54. The fraction of sp³-hybridized carbons (Fsp3) is 0.308. The number of aryl methyl sites for hydroxylation is 1. The highest BCUT2D eigenvalue weighted by molar-refractivity contribution is 5.84. The molecule has 0 aliphatic rings. The van der Waals surface area contributed by atoms with E-state index in [2.05, 4.69) is 20.5 Å². The molecule has 0 aliphatic heterocycles. The second-order valence-corrected chi connectivity index (χ2v) is 4.05. The average Bonchev–Trinajstić information content (AvgIpc) is 2.87. The molecule has 0 saturated heterocycles. The summed E-state index contributed by atoms with van der Waals surface area (Å²) in [5.74, 6) is 0.131. The minimum atomic E-state index is -0.514. The number of ether oxygens (including phenoxy) is 1. The first-order valence-electron chi connectivity index (χ1n) is 6.08. The van der Waals surface area contributed by atoms with E-state index < -0.39 is 5.97 Å². The molecular weight excluding hydrogens is 244 g/mol. The standard InChI is InChI=1S/C13H16N4O2/c1-3-19-13(18)12-15-11(16-17-12)8-14-10-6-4-9(2)5-7-10/h4-7,14H,3,8H2,1-2H3,(H,15,16,17). The normalized spacial score (nSPS) is 10.2. The Morgan fingerprint density at radius 3 is 2.79 bits per heavy atom. The van der Waals surface area contributed by atoms with E-state index in [9.17, 15) is 4.79 Å². The van der Waals surface area contributed by atoms with Crippen molar-refractivity contribution in [2.45, 2.75) is 20.4 Å². The van der Waals surface area contributed by atoms with Crippen molar-refractivity contribution in [2.75, 3.05) is 11.9 Å². The molecule has 2 aromatic rings. The average molecular weight is 260 g/mol. The molecule has 0 unspecified atom stereocenters. The molecule has 0 saturated carbocycles. The van der Waals surface area contributed by atoms with Crippen molar-refractivity contribution in [1.82, 2.24) is 15.2 Å². The molecule has 0 amide bonds. The Bertz CT molecular complexity index is 548. The maximum atomic E-state index is 11.4. The maximum Gasteiger partial charge on any atom is 0.378 e. The summed E-state index contributed by atoms with van der Waals surface area (Å²) in [5.41, 5.74) is 2.19. The number of nitrogens with zero attached hydrogens (tertiary/aromatic N) is 2. The van der Waals surface area contributed by atoms with E-state index in [0.717, 1.165) is 5.69 Å². The molecule has 6 nitrogen and oxygen atoms in total. The summed E-state index contributed by atoms with van der Waals surface area (Å²) >= 11 is 0. The number of nitrogens with one attached hydrogen (secondary N) is 2. The van der Waals surface area contributed by atoms with Crippen LogP contribution in [0.2, 0.25) is 0 Å². The molecule has 1 aromatic heterocycles. The van der Waals surface area contributed by atoms with Gasteiger partial charge in [0.2, 0.25) is 0 Å². The third-order valence-corrected chi connectivity index (χ3v) is 2.50. The molecule has 19 heavy (non-hydrogen) atoms. The van der Waals surface area contributed by atoms with Crippen LogP contribution < -0.4 is 5.32 Å². The second-order valence-electron chi connectivity index (χ2n) is 4.05. The van der Waals surface area contributed by atoms with E-state index in [0.29, 0.717) is 19.0 Å². The number of esters is 1. The van der Waals surface area contributed by atoms with Crippen molar-refractivity contribution in [2.24, 2.45) is 0 Å². The summed E-state index contributed by atoms with van der Waals surface area (Å²) in [4.78, 5) is 15.4. The van der Waals surface area contributed by atoms with Crippen LogP contribution in [0.3, 0.4) is 0 Å². The van der Waals surface area contributed by atoms with Gasteiger partial charge in [0.25, 0.3) is 5.82 Å². The number of carbonyl (C=O) groups is 1. The highest BCUT2D eigenvalue weighted by atomic mass is 16.5. The number of anilines is 1. The zero-order chi connectivity index (χ0) is 13.7. The first kappa shape index (κ1) is 13.1. The lowest BCUT2D eigenvalue weighted by atomic mass is 10.2. The highest BCUT2D eigenvalue weighted by Gasteiger charge is 2.12. The quantitative estimate of drug-likeness (QED) is 0.803. The van der Waals surface area contributed by atoms with Gasteiger partial charge < -0.3 is 10.1 Å². The third-order valence-electron chi connectivity index (χ3n) is 2.50. The van der Waals surface area contributed by atoms with Gasteiger partial charge in [-0.3, -0.25) is 5.10 Å². The first-order valence-corrected chi connectivity index (χ1v) is 6.08. The number of hydrogen-bond donors (Lipinski definition) is 2. The van der Waals surface area contributed by atoms with Gasteiger partial charge in [-0.2, -0.15) is 0 Å². The Hall–Kier alpha value is -2.37. The van der Waals surface area contributed by atoms with Crippen LogP contribution in [0.25, 0.3) is 0 Å². The minimum absolute atomic E-state index is 0.0579. The van der Waals surface area contributed by atoms with Crippen molar-refractivity contribution in [3.05, 3.63) is 41.5 Å². The van der Waals surface area contributed by atoms with Crippen LogP contribution in [0.1, 0.15) is 28.9 Å². The maximum absolute atomic E-state index is 11.4. The van der Waals surface area contributed by atoms with Gasteiger partial charge in [-0.15, -0.1) is 5.10 Å². The van der Waals surface area contributed by atoms with Crippen LogP contribution in [-0.2, 0) is 11.3 Å².